The lowest BCUT2D eigenvalue weighted by Gasteiger charge is -2.38. The van der Waals surface area contributed by atoms with E-state index >= 15 is 8.78 Å². The van der Waals surface area contributed by atoms with Gasteiger partial charge in [0.2, 0.25) is 5.92 Å². The fourth-order valence-corrected chi connectivity index (χ4v) is 5.32. The number of aromatic nitrogens is 5. The minimum absolute atomic E-state index is 0.0587. The molecule has 232 valence electrons. The van der Waals surface area contributed by atoms with E-state index < -0.39 is 74.2 Å². The second kappa shape index (κ2) is 11.4. The number of halogens is 4. The molecule has 0 aromatic carbocycles. The second-order valence-corrected chi connectivity index (χ2v) is 11.0. The lowest BCUT2D eigenvalue weighted by molar-refractivity contribution is -0.0542. The Bertz CT molecular complexity index is 1660. The molecule has 4 heterocycles. The topological polar surface area (TPSA) is 140 Å². The van der Waals surface area contributed by atoms with Crippen LogP contribution in [0.25, 0.3) is 5.65 Å². The Morgan fingerprint density at radius 3 is 2.72 bits per heavy atom. The molecule has 3 aliphatic rings. The van der Waals surface area contributed by atoms with Gasteiger partial charge in [0.15, 0.2) is 11.3 Å². The van der Waals surface area contributed by atoms with Crippen molar-refractivity contribution in [2.75, 3.05) is 19.6 Å². The lowest BCUT2D eigenvalue weighted by Crippen LogP contribution is -2.58. The number of hydrogen-bond donors (Lipinski definition) is 2. The summed E-state index contributed by atoms with van der Waals surface area (Å²) in [4.78, 5) is 31.0. The zero-order valence-corrected chi connectivity index (χ0v) is 23.0. The SMILES string of the molecule is [2H]C1([2H])NC(=O)N(C(COC2CC2)c2cnn3cc(C(NC(=O)c4nonc4CC)C4CCC(F)(F)CC4)nc3c2)C([2H])([2H])C1(F)F. The number of nitrogens with one attached hydrogen (secondary N) is 2. The number of urea groups is 1. The molecule has 3 amide bonds. The summed E-state index contributed by atoms with van der Waals surface area (Å²) in [7, 11) is 0. The lowest BCUT2D eigenvalue weighted by atomic mass is 9.81. The molecule has 16 heteroatoms. The summed E-state index contributed by atoms with van der Waals surface area (Å²) >= 11 is 0. The first kappa shape index (κ1) is 24.6. The number of amides is 3. The van der Waals surface area contributed by atoms with E-state index in [2.05, 4.69) is 25.7 Å². The molecule has 0 spiro atoms. The van der Waals surface area contributed by atoms with Crippen LogP contribution < -0.4 is 10.6 Å². The van der Waals surface area contributed by atoms with Gasteiger partial charge in [0.25, 0.3) is 11.8 Å². The molecule has 12 nitrogen and oxygen atoms in total. The number of hydrogen-bond acceptors (Lipinski definition) is 8. The normalized spacial score (nSPS) is 25.6. The zero-order chi connectivity index (χ0) is 33.9. The molecule has 0 radical (unpaired) electrons. The fourth-order valence-electron chi connectivity index (χ4n) is 5.32. The molecular formula is C27H32F4N8O4. The Kier molecular flexibility index (Phi) is 6.50. The van der Waals surface area contributed by atoms with Crippen molar-refractivity contribution in [3.63, 3.8) is 0 Å². The predicted molar refractivity (Wildman–Crippen MR) is 141 cm³/mol. The van der Waals surface area contributed by atoms with Crippen LogP contribution in [0.5, 0.6) is 0 Å². The highest BCUT2D eigenvalue weighted by Crippen LogP contribution is 2.41. The van der Waals surface area contributed by atoms with Crippen LogP contribution in [0, 0.1) is 5.92 Å². The highest BCUT2D eigenvalue weighted by molar-refractivity contribution is 5.93. The molecule has 2 unspecified atom stereocenters. The van der Waals surface area contributed by atoms with Crippen molar-refractivity contribution in [2.24, 2.45) is 5.92 Å². The average Bonchev–Trinajstić information content (AvgIpc) is 3.52. The van der Waals surface area contributed by atoms with Gasteiger partial charge < -0.3 is 20.3 Å². The number of aryl methyl sites for hydroxylation is 1. The Labute approximate surface area is 249 Å². The van der Waals surface area contributed by atoms with Gasteiger partial charge in [-0.15, -0.1) is 0 Å². The summed E-state index contributed by atoms with van der Waals surface area (Å²) in [6.45, 7) is -6.10. The number of rotatable bonds is 10. The van der Waals surface area contributed by atoms with Crippen molar-refractivity contribution in [3.05, 3.63) is 41.1 Å². The molecule has 43 heavy (non-hydrogen) atoms. The summed E-state index contributed by atoms with van der Waals surface area (Å²) < 4.78 is 102. The van der Waals surface area contributed by atoms with Gasteiger partial charge >= 0.3 is 6.03 Å². The minimum Gasteiger partial charge on any atom is -0.376 e. The van der Waals surface area contributed by atoms with Gasteiger partial charge in [0.1, 0.15) is 5.69 Å². The highest BCUT2D eigenvalue weighted by Gasteiger charge is 2.43. The Morgan fingerprint density at radius 1 is 1.23 bits per heavy atom. The van der Waals surface area contributed by atoms with Crippen molar-refractivity contribution >= 4 is 17.6 Å². The van der Waals surface area contributed by atoms with Gasteiger partial charge in [-0.3, -0.25) is 4.79 Å². The summed E-state index contributed by atoms with van der Waals surface area (Å²) in [6.07, 6.45) is 3.57. The Balaban J connectivity index is 1.35. The number of nitrogens with zero attached hydrogens (tertiary/aromatic N) is 6. The van der Waals surface area contributed by atoms with Crippen LogP contribution in [0.1, 0.15) is 90.5 Å². The first-order valence-electron chi connectivity index (χ1n) is 16.0. The summed E-state index contributed by atoms with van der Waals surface area (Å²) in [5.41, 5.74) is 0.678. The van der Waals surface area contributed by atoms with Crippen LogP contribution in [0.4, 0.5) is 22.4 Å². The van der Waals surface area contributed by atoms with Gasteiger partial charge in [-0.25, -0.2) is 36.5 Å². The van der Waals surface area contributed by atoms with E-state index in [0.29, 0.717) is 25.0 Å². The molecule has 2 atom stereocenters. The number of imidazole rings is 1. The molecular weight excluding hydrogens is 576 g/mol. The largest absolute Gasteiger partial charge is 0.376 e. The van der Waals surface area contributed by atoms with Crippen LogP contribution in [0.15, 0.2) is 23.1 Å². The van der Waals surface area contributed by atoms with Crippen LogP contribution in [0.2, 0.25) is 0 Å². The smallest absolute Gasteiger partial charge is 0.318 e. The van der Waals surface area contributed by atoms with Crippen molar-refractivity contribution in [1.82, 2.24) is 40.4 Å². The van der Waals surface area contributed by atoms with Crippen LogP contribution in [-0.2, 0) is 11.2 Å². The van der Waals surface area contributed by atoms with E-state index in [1.54, 1.807) is 12.2 Å². The quantitative estimate of drug-likeness (QED) is 0.329. The molecule has 2 aliphatic carbocycles. The highest BCUT2D eigenvalue weighted by atomic mass is 19.3. The van der Waals surface area contributed by atoms with E-state index in [4.69, 9.17) is 14.8 Å². The maximum absolute atomic E-state index is 15.1. The van der Waals surface area contributed by atoms with Crippen molar-refractivity contribution in [2.45, 2.75) is 81.9 Å². The van der Waals surface area contributed by atoms with E-state index in [-0.39, 0.29) is 46.4 Å². The first-order valence-corrected chi connectivity index (χ1v) is 14.0. The number of carbonyl (C=O) groups excluding carboxylic acids is 2. The molecule has 0 bridgehead atoms. The molecule has 6 rings (SSSR count). The third-order valence-corrected chi connectivity index (χ3v) is 7.82. The van der Waals surface area contributed by atoms with Gasteiger partial charge in [-0.2, -0.15) is 5.10 Å². The van der Waals surface area contributed by atoms with Gasteiger partial charge in [0, 0.05) is 18.4 Å². The molecule has 3 fully saturated rings. The third-order valence-electron chi connectivity index (χ3n) is 7.82. The van der Waals surface area contributed by atoms with E-state index in [1.807, 2.05) is 0 Å². The average molecular weight is 613 g/mol. The maximum atomic E-state index is 15.1. The van der Waals surface area contributed by atoms with Crippen LogP contribution in [0.3, 0.4) is 0 Å². The molecule has 3 aromatic heterocycles. The van der Waals surface area contributed by atoms with Crippen molar-refractivity contribution in [1.29, 1.82) is 0 Å². The summed E-state index contributed by atoms with van der Waals surface area (Å²) in [5, 5.41) is 16.1. The molecule has 2 N–H and O–H groups in total. The Morgan fingerprint density at radius 2 is 2.00 bits per heavy atom. The predicted octanol–water partition coefficient (Wildman–Crippen LogP) is 3.85. The van der Waals surface area contributed by atoms with Crippen molar-refractivity contribution < 1.29 is 42.0 Å². The number of fused-ring (bicyclic) bond motifs is 1. The summed E-state index contributed by atoms with van der Waals surface area (Å²) in [5.74, 6) is -8.60. The molecule has 3 aromatic rings. The van der Waals surface area contributed by atoms with Crippen molar-refractivity contribution in [3.8, 4) is 0 Å². The van der Waals surface area contributed by atoms with Gasteiger partial charge in [0.05, 0.1) is 61.4 Å². The molecule has 1 saturated heterocycles. The number of carbonyl (C=O) groups is 2. The first-order chi connectivity index (χ1) is 22.0. The van der Waals surface area contributed by atoms with E-state index in [1.165, 1.54) is 23.0 Å². The standard InChI is InChI=1S/C27H32F4N8O4/c1-2-18-23(37-43-36-18)24(40)35-22(15-5-7-26(28,29)8-6-15)19-11-39-21(34-19)9-16(10-33-39)20(12-42-17-3-4-17)38-14-27(30,31)13-32-25(38)41/h9-11,15,17,20,22H,2-8,12-14H2,1H3,(H,32,41)(H,35,40)/i13D2,14D2. The van der Waals surface area contributed by atoms with E-state index in [0.717, 1.165) is 0 Å². The molecule has 2 saturated carbocycles. The number of alkyl halides is 4. The molecule has 1 aliphatic heterocycles. The van der Waals surface area contributed by atoms with Gasteiger partial charge in [-0.05, 0) is 49.2 Å². The monoisotopic (exact) mass is 612 g/mol. The van der Waals surface area contributed by atoms with E-state index in [9.17, 15) is 18.4 Å². The summed E-state index contributed by atoms with van der Waals surface area (Å²) in [6, 6.07) is -2.38. The third kappa shape index (κ3) is 6.43. The van der Waals surface area contributed by atoms with Gasteiger partial charge in [-0.1, -0.05) is 12.1 Å². The minimum atomic E-state index is -4.66. The fraction of sp³-hybridized carbons (Fsp3) is 0.630. The zero-order valence-electron chi connectivity index (χ0n) is 27.0. The van der Waals surface area contributed by atoms with Crippen LogP contribution in [-0.4, -0.2) is 79.3 Å². The maximum Gasteiger partial charge on any atom is 0.318 e. The second-order valence-electron chi connectivity index (χ2n) is 11.0. The van der Waals surface area contributed by atoms with Crippen LogP contribution >= 0.6 is 0 Å². The number of ether oxygens (including phenoxy) is 1. The Hall–Kier alpha value is -3.82.